The Kier molecular flexibility index (Phi) is 3.27. The van der Waals surface area contributed by atoms with Crippen LogP contribution in [0.4, 0.5) is 6.01 Å². The Morgan fingerprint density at radius 1 is 1.09 bits per heavy atom. The summed E-state index contributed by atoms with van der Waals surface area (Å²) in [6, 6.07) is 16.4. The molecule has 0 saturated heterocycles. The van der Waals surface area contributed by atoms with E-state index in [0.29, 0.717) is 6.01 Å². The first-order valence-corrected chi connectivity index (χ1v) is 7.37. The fraction of sp³-hybridized carbons (Fsp3) is 0.118. The number of hydrogen-bond acceptors (Lipinski definition) is 5. The summed E-state index contributed by atoms with van der Waals surface area (Å²) < 4.78 is 7.42. The Labute approximate surface area is 132 Å². The monoisotopic (exact) mass is 305 g/mol. The molecule has 23 heavy (non-hydrogen) atoms. The van der Waals surface area contributed by atoms with Gasteiger partial charge < -0.3 is 9.73 Å². The Bertz CT molecular complexity index is 879. The number of rotatable bonds is 4. The fourth-order valence-corrected chi connectivity index (χ4v) is 2.46. The highest BCUT2D eigenvalue weighted by Gasteiger charge is 2.10. The molecular formula is C17H15N5O. The zero-order valence-electron chi connectivity index (χ0n) is 12.5. The molecule has 1 unspecified atom stereocenters. The van der Waals surface area contributed by atoms with Crippen molar-refractivity contribution in [1.29, 1.82) is 0 Å². The van der Waals surface area contributed by atoms with Crippen LogP contribution >= 0.6 is 0 Å². The SMILES string of the molecule is CC(Nc1nc2ccccc2o1)c1ccc(-n2cncn2)cc1. The molecule has 0 aliphatic carbocycles. The number of hydrogen-bond donors (Lipinski definition) is 1. The zero-order valence-corrected chi connectivity index (χ0v) is 12.5. The van der Waals surface area contributed by atoms with Gasteiger partial charge in [0.1, 0.15) is 18.2 Å². The van der Waals surface area contributed by atoms with Gasteiger partial charge in [0.15, 0.2) is 5.58 Å². The summed E-state index contributed by atoms with van der Waals surface area (Å²) in [5, 5.41) is 7.41. The van der Waals surface area contributed by atoms with Crippen LogP contribution < -0.4 is 5.32 Å². The molecule has 2 heterocycles. The molecule has 0 fully saturated rings. The van der Waals surface area contributed by atoms with E-state index in [1.165, 1.54) is 6.33 Å². The lowest BCUT2D eigenvalue weighted by atomic mass is 10.1. The van der Waals surface area contributed by atoms with Gasteiger partial charge in [0.25, 0.3) is 6.01 Å². The standard InChI is InChI=1S/C17H15N5O/c1-12(20-17-21-15-4-2-3-5-16(15)23-17)13-6-8-14(9-7-13)22-11-18-10-19-22/h2-12H,1H3,(H,20,21). The molecule has 0 saturated carbocycles. The Balaban J connectivity index is 1.53. The summed E-state index contributed by atoms with van der Waals surface area (Å²) in [6.45, 7) is 2.07. The smallest absolute Gasteiger partial charge is 0.296 e. The summed E-state index contributed by atoms with van der Waals surface area (Å²) in [6.07, 6.45) is 3.19. The third-order valence-electron chi connectivity index (χ3n) is 3.71. The first-order chi connectivity index (χ1) is 11.3. The van der Waals surface area contributed by atoms with E-state index in [2.05, 4.69) is 39.4 Å². The van der Waals surface area contributed by atoms with Gasteiger partial charge in [-0.3, -0.25) is 0 Å². The zero-order chi connectivity index (χ0) is 15.6. The van der Waals surface area contributed by atoms with Gasteiger partial charge in [0, 0.05) is 0 Å². The molecule has 2 aromatic heterocycles. The van der Waals surface area contributed by atoms with Crippen molar-refractivity contribution in [1.82, 2.24) is 19.7 Å². The van der Waals surface area contributed by atoms with Crippen molar-refractivity contribution < 1.29 is 4.42 Å². The second kappa shape index (κ2) is 5.57. The van der Waals surface area contributed by atoms with Crippen LogP contribution in [0.15, 0.2) is 65.6 Å². The van der Waals surface area contributed by atoms with Crippen molar-refractivity contribution in [3.05, 3.63) is 66.7 Å². The summed E-state index contributed by atoms with van der Waals surface area (Å²) in [5.74, 6) is 0. The lowest BCUT2D eigenvalue weighted by molar-refractivity contribution is 0.604. The summed E-state index contributed by atoms with van der Waals surface area (Å²) >= 11 is 0. The molecule has 2 aromatic carbocycles. The number of para-hydroxylation sites is 2. The van der Waals surface area contributed by atoms with Crippen molar-refractivity contribution in [3.8, 4) is 5.69 Å². The quantitative estimate of drug-likeness (QED) is 0.624. The molecule has 1 atom stereocenters. The van der Waals surface area contributed by atoms with Gasteiger partial charge in [-0.25, -0.2) is 9.67 Å². The number of oxazole rings is 1. The van der Waals surface area contributed by atoms with Crippen LogP contribution in [0, 0.1) is 0 Å². The van der Waals surface area contributed by atoms with E-state index in [-0.39, 0.29) is 6.04 Å². The predicted molar refractivity (Wildman–Crippen MR) is 87.4 cm³/mol. The minimum Gasteiger partial charge on any atom is -0.424 e. The van der Waals surface area contributed by atoms with Gasteiger partial charge in [0.05, 0.1) is 11.7 Å². The van der Waals surface area contributed by atoms with Crippen LogP contribution in [-0.2, 0) is 0 Å². The van der Waals surface area contributed by atoms with Crippen LogP contribution in [0.3, 0.4) is 0 Å². The van der Waals surface area contributed by atoms with E-state index in [9.17, 15) is 0 Å². The number of aromatic nitrogens is 4. The number of fused-ring (bicyclic) bond motifs is 1. The minimum atomic E-state index is 0.0767. The molecular weight excluding hydrogens is 290 g/mol. The molecule has 6 nitrogen and oxygen atoms in total. The van der Waals surface area contributed by atoms with Crippen LogP contribution in [0.2, 0.25) is 0 Å². The van der Waals surface area contributed by atoms with Crippen molar-refractivity contribution in [3.63, 3.8) is 0 Å². The van der Waals surface area contributed by atoms with E-state index in [1.54, 1.807) is 11.0 Å². The molecule has 0 bridgehead atoms. The minimum absolute atomic E-state index is 0.0767. The molecule has 0 amide bonds. The van der Waals surface area contributed by atoms with E-state index < -0.39 is 0 Å². The van der Waals surface area contributed by atoms with Crippen LogP contribution in [0.25, 0.3) is 16.8 Å². The van der Waals surface area contributed by atoms with Crippen LogP contribution in [0.1, 0.15) is 18.5 Å². The maximum Gasteiger partial charge on any atom is 0.296 e. The first-order valence-electron chi connectivity index (χ1n) is 7.37. The normalized spacial score (nSPS) is 12.4. The Hall–Kier alpha value is -3.15. The molecule has 0 aliphatic rings. The molecule has 0 spiro atoms. The predicted octanol–water partition coefficient (Wildman–Crippen LogP) is 3.58. The number of anilines is 1. The van der Waals surface area contributed by atoms with Crippen molar-refractivity contribution in [2.24, 2.45) is 0 Å². The molecule has 6 heteroatoms. The first kappa shape index (κ1) is 13.5. The highest BCUT2D eigenvalue weighted by molar-refractivity contribution is 5.74. The third-order valence-corrected chi connectivity index (χ3v) is 3.71. The largest absolute Gasteiger partial charge is 0.424 e. The third kappa shape index (κ3) is 2.66. The van der Waals surface area contributed by atoms with Gasteiger partial charge in [-0.05, 0) is 36.8 Å². The van der Waals surface area contributed by atoms with E-state index in [0.717, 1.165) is 22.4 Å². The summed E-state index contributed by atoms with van der Waals surface area (Å²) in [4.78, 5) is 8.39. The van der Waals surface area contributed by atoms with Crippen LogP contribution in [-0.4, -0.2) is 19.7 Å². The highest BCUT2D eigenvalue weighted by Crippen LogP contribution is 2.23. The average Bonchev–Trinajstić information content (AvgIpc) is 3.24. The molecule has 0 radical (unpaired) electrons. The molecule has 1 N–H and O–H groups in total. The van der Waals surface area contributed by atoms with E-state index in [1.807, 2.05) is 36.4 Å². The number of nitrogens with one attached hydrogen (secondary N) is 1. The van der Waals surface area contributed by atoms with Gasteiger partial charge >= 0.3 is 0 Å². The van der Waals surface area contributed by atoms with E-state index >= 15 is 0 Å². The average molecular weight is 305 g/mol. The second-order valence-corrected chi connectivity index (χ2v) is 5.28. The van der Waals surface area contributed by atoms with Gasteiger partial charge in [-0.2, -0.15) is 10.1 Å². The Morgan fingerprint density at radius 2 is 1.91 bits per heavy atom. The van der Waals surface area contributed by atoms with Crippen LogP contribution in [0.5, 0.6) is 0 Å². The lowest BCUT2D eigenvalue weighted by Gasteiger charge is -2.13. The second-order valence-electron chi connectivity index (χ2n) is 5.28. The number of benzene rings is 2. The summed E-state index contributed by atoms with van der Waals surface area (Å²) in [7, 11) is 0. The van der Waals surface area contributed by atoms with Crippen molar-refractivity contribution >= 4 is 17.1 Å². The van der Waals surface area contributed by atoms with Crippen molar-refractivity contribution in [2.75, 3.05) is 5.32 Å². The number of nitrogens with zero attached hydrogens (tertiary/aromatic N) is 4. The highest BCUT2D eigenvalue weighted by atomic mass is 16.4. The topological polar surface area (TPSA) is 68.8 Å². The van der Waals surface area contributed by atoms with Gasteiger partial charge in [0.2, 0.25) is 0 Å². The van der Waals surface area contributed by atoms with Crippen molar-refractivity contribution in [2.45, 2.75) is 13.0 Å². The molecule has 4 aromatic rings. The molecule has 114 valence electrons. The fourth-order valence-electron chi connectivity index (χ4n) is 2.46. The maximum atomic E-state index is 5.70. The van der Waals surface area contributed by atoms with Gasteiger partial charge in [-0.1, -0.05) is 24.3 Å². The molecule has 4 rings (SSSR count). The maximum absolute atomic E-state index is 5.70. The summed E-state index contributed by atoms with van der Waals surface area (Å²) in [5.41, 5.74) is 3.74. The molecule has 0 aliphatic heterocycles. The van der Waals surface area contributed by atoms with Gasteiger partial charge in [-0.15, -0.1) is 0 Å². The van der Waals surface area contributed by atoms with E-state index in [4.69, 9.17) is 4.42 Å². The lowest BCUT2D eigenvalue weighted by Crippen LogP contribution is -2.07. The Morgan fingerprint density at radius 3 is 2.65 bits per heavy atom.